The van der Waals surface area contributed by atoms with E-state index in [0.29, 0.717) is 11.5 Å². The van der Waals surface area contributed by atoms with E-state index in [4.69, 9.17) is 5.73 Å². The standard InChI is InChI=1S/C11H8Br2IN3/c12-6-3-9(15)11(16-5-6)17-10-4-7(14)1-2-8(10)13/h1-5H,15H2,(H,16,17). The number of benzene rings is 1. The van der Waals surface area contributed by atoms with Gasteiger partial charge in [-0.1, -0.05) is 0 Å². The summed E-state index contributed by atoms with van der Waals surface area (Å²) >= 11 is 9.07. The molecule has 1 heterocycles. The molecular weight excluding hydrogens is 461 g/mol. The van der Waals surface area contributed by atoms with Gasteiger partial charge in [0.05, 0.1) is 11.4 Å². The summed E-state index contributed by atoms with van der Waals surface area (Å²) in [4.78, 5) is 4.24. The van der Waals surface area contributed by atoms with Crippen molar-refractivity contribution in [1.82, 2.24) is 4.98 Å². The van der Waals surface area contributed by atoms with Crippen molar-refractivity contribution >= 4 is 71.6 Å². The van der Waals surface area contributed by atoms with Crippen LogP contribution in [0.5, 0.6) is 0 Å². The highest BCUT2D eigenvalue weighted by atomic mass is 127. The van der Waals surface area contributed by atoms with Crippen LogP contribution >= 0.6 is 54.5 Å². The fourth-order valence-electron chi connectivity index (χ4n) is 1.28. The van der Waals surface area contributed by atoms with Crippen molar-refractivity contribution in [2.24, 2.45) is 0 Å². The Morgan fingerprint density at radius 3 is 2.71 bits per heavy atom. The van der Waals surface area contributed by atoms with E-state index in [0.717, 1.165) is 18.2 Å². The van der Waals surface area contributed by atoms with Crippen LogP contribution in [0.1, 0.15) is 0 Å². The Bertz CT molecular complexity index is 560. The predicted molar refractivity (Wildman–Crippen MR) is 86.5 cm³/mol. The molecule has 0 amide bonds. The molecule has 0 unspecified atom stereocenters. The maximum Gasteiger partial charge on any atom is 0.153 e. The van der Waals surface area contributed by atoms with E-state index in [-0.39, 0.29) is 0 Å². The number of nitrogens with zero attached hydrogens (tertiary/aromatic N) is 1. The largest absolute Gasteiger partial charge is 0.396 e. The first-order valence-electron chi connectivity index (χ1n) is 4.69. The van der Waals surface area contributed by atoms with Crippen LogP contribution in [-0.4, -0.2) is 4.98 Å². The molecule has 17 heavy (non-hydrogen) atoms. The maximum atomic E-state index is 5.89. The molecule has 2 rings (SSSR count). The maximum absolute atomic E-state index is 5.89. The molecule has 88 valence electrons. The van der Waals surface area contributed by atoms with Gasteiger partial charge in [0.1, 0.15) is 0 Å². The quantitative estimate of drug-likeness (QED) is 0.636. The van der Waals surface area contributed by atoms with Gasteiger partial charge in [0.25, 0.3) is 0 Å². The molecule has 0 saturated heterocycles. The van der Waals surface area contributed by atoms with E-state index in [9.17, 15) is 0 Å². The molecule has 6 heteroatoms. The molecule has 3 nitrogen and oxygen atoms in total. The summed E-state index contributed by atoms with van der Waals surface area (Å²) < 4.78 is 2.98. The van der Waals surface area contributed by atoms with E-state index in [1.165, 1.54) is 0 Å². The summed E-state index contributed by atoms with van der Waals surface area (Å²) in [7, 11) is 0. The van der Waals surface area contributed by atoms with Crippen molar-refractivity contribution in [2.75, 3.05) is 11.1 Å². The Labute approximate surface area is 130 Å². The number of hydrogen-bond acceptors (Lipinski definition) is 3. The van der Waals surface area contributed by atoms with Crippen molar-refractivity contribution in [3.8, 4) is 0 Å². The van der Waals surface area contributed by atoms with Crippen LogP contribution in [0, 0.1) is 3.57 Å². The number of rotatable bonds is 2. The number of aromatic nitrogens is 1. The topological polar surface area (TPSA) is 50.9 Å². The molecule has 0 aliphatic carbocycles. The number of hydrogen-bond donors (Lipinski definition) is 2. The first-order valence-corrected chi connectivity index (χ1v) is 7.36. The molecular formula is C11H8Br2IN3. The third-order valence-electron chi connectivity index (χ3n) is 2.07. The normalized spacial score (nSPS) is 10.3. The second-order valence-corrected chi connectivity index (χ2v) is 6.36. The van der Waals surface area contributed by atoms with E-state index in [1.807, 2.05) is 24.3 Å². The van der Waals surface area contributed by atoms with Gasteiger partial charge in [-0.15, -0.1) is 0 Å². The van der Waals surface area contributed by atoms with Gasteiger partial charge in [-0.2, -0.15) is 0 Å². The zero-order valence-electron chi connectivity index (χ0n) is 8.55. The minimum absolute atomic E-state index is 0.602. The third kappa shape index (κ3) is 3.32. The minimum Gasteiger partial charge on any atom is -0.396 e. The summed E-state index contributed by atoms with van der Waals surface area (Å²) in [6.45, 7) is 0. The number of nitrogen functional groups attached to an aromatic ring is 1. The lowest BCUT2D eigenvalue weighted by Gasteiger charge is -2.10. The second-order valence-electron chi connectivity index (χ2n) is 3.34. The Morgan fingerprint density at radius 1 is 1.24 bits per heavy atom. The van der Waals surface area contributed by atoms with Crippen LogP contribution in [-0.2, 0) is 0 Å². The second kappa shape index (κ2) is 5.53. The Balaban J connectivity index is 2.34. The lowest BCUT2D eigenvalue weighted by Crippen LogP contribution is -1.99. The molecule has 1 aromatic carbocycles. The molecule has 0 fully saturated rings. The monoisotopic (exact) mass is 467 g/mol. The van der Waals surface area contributed by atoms with E-state index in [1.54, 1.807) is 6.20 Å². The van der Waals surface area contributed by atoms with Gasteiger partial charge in [-0.05, 0) is 78.7 Å². The summed E-state index contributed by atoms with van der Waals surface area (Å²) in [5, 5.41) is 3.20. The fraction of sp³-hybridized carbons (Fsp3) is 0. The van der Waals surface area contributed by atoms with E-state index >= 15 is 0 Å². The van der Waals surface area contributed by atoms with Crippen molar-refractivity contribution in [3.05, 3.63) is 43.0 Å². The van der Waals surface area contributed by atoms with Gasteiger partial charge in [-0.3, -0.25) is 0 Å². The lowest BCUT2D eigenvalue weighted by molar-refractivity contribution is 1.29. The fourth-order valence-corrected chi connectivity index (χ4v) is 2.47. The third-order valence-corrected chi connectivity index (χ3v) is 3.86. The average Bonchev–Trinajstić information content (AvgIpc) is 2.27. The Morgan fingerprint density at radius 2 is 2.00 bits per heavy atom. The van der Waals surface area contributed by atoms with Crippen LogP contribution in [0.15, 0.2) is 39.4 Å². The summed E-state index contributed by atoms with van der Waals surface area (Å²) in [6, 6.07) is 7.85. The molecule has 0 atom stereocenters. The average molecular weight is 469 g/mol. The number of nitrogens with one attached hydrogen (secondary N) is 1. The van der Waals surface area contributed by atoms with Crippen molar-refractivity contribution in [3.63, 3.8) is 0 Å². The van der Waals surface area contributed by atoms with Gasteiger partial charge >= 0.3 is 0 Å². The highest BCUT2D eigenvalue weighted by Gasteiger charge is 2.05. The SMILES string of the molecule is Nc1cc(Br)cnc1Nc1cc(I)ccc1Br. The highest BCUT2D eigenvalue weighted by Crippen LogP contribution is 2.29. The van der Waals surface area contributed by atoms with Gasteiger partial charge in [-0.25, -0.2) is 4.98 Å². The van der Waals surface area contributed by atoms with Crippen LogP contribution in [0.3, 0.4) is 0 Å². The first kappa shape index (κ1) is 13.1. The van der Waals surface area contributed by atoms with E-state index in [2.05, 4.69) is 64.8 Å². The highest BCUT2D eigenvalue weighted by molar-refractivity contribution is 14.1. The van der Waals surface area contributed by atoms with Crippen molar-refractivity contribution < 1.29 is 0 Å². The van der Waals surface area contributed by atoms with Gasteiger partial charge < -0.3 is 11.1 Å². The zero-order valence-corrected chi connectivity index (χ0v) is 13.9. The van der Waals surface area contributed by atoms with E-state index < -0.39 is 0 Å². The molecule has 3 N–H and O–H groups in total. The number of anilines is 3. The molecule has 0 radical (unpaired) electrons. The van der Waals surface area contributed by atoms with Gasteiger partial charge in [0.2, 0.25) is 0 Å². The van der Waals surface area contributed by atoms with Crippen molar-refractivity contribution in [2.45, 2.75) is 0 Å². The molecule has 0 aliphatic heterocycles. The Kier molecular flexibility index (Phi) is 4.26. The van der Waals surface area contributed by atoms with Gasteiger partial charge in [0, 0.05) is 18.7 Å². The molecule has 0 aliphatic rings. The van der Waals surface area contributed by atoms with Gasteiger partial charge in [0.15, 0.2) is 5.82 Å². The molecule has 2 aromatic rings. The van der Waals surface area contributed by atoms with Crippen molar-refractivity contribution in [1.29, 1.82) is 0 Å². The number of halogens is 3. The van der Waals surface area contributed by atoms with Crippen LogP contribution in [0.25, 0.3) is 0 Å². The summed E-state index contributed by atoms with van der Waals surface area (Å²) in [5.41, 5.74) is 7.43. The molecule has 0 spiro atoms. The molecule has 1 aromatic heterocycles. The van der Waals surface area contributed by atoms with Crippen LogP contribution in [0.2, 0.25) is 0 Å². The predicted octanol–water partition coefficient (Wildman–Crippen LogP) is 4.54. The number of nitrogens with two attached hydrogens (primary N) is 1. The van der Waals surface area contributed by atoms with Crippen LogP contribution < -0.4 is 11.1 Å². The summed E-state index contributed by atoms with van der Waals surface area (Å²) in [5.74, 6) is 0.649. The number of pyridine rings is 1. The first-order chi connectivity index (χ1) is 8.06. The lowest BCUT2D eigenvalue weighted by atomic mass is 10.3. The Hall–Kier alpha value is -0.340. The molecule has 0 saturated carbocycles. The smallest absolute Gasteiger partial charge is 0.153 e. The van der Waals surface area contributed by atoms with Crippen LogP contribution in [0.4, 0.5) is 17.2 Å². The summed E-state index contributed by atoms with van der Waals surface area (Å²) in [6.07, 6.45) is 1.71. The zero-order chi connectivity index (χ0) is 12.4. The minimum atomic E-state index is 0.602. The molecule has 0 bridgehead atoms.